The van der Waals surface area contributed by atoms with E-state index in [9.17, 15) is 9.59 Å². The first-order valence-electron chi connectivity index (χ1n) is 12.5. The number of benzene rings is 1. The number of carbonyl (C=O) groups excluding carboxylic acids is 2. The maximum absolute atomic E-state index is 13.4. The molecular weight excluding hydrogens is 446 g/mol. The molecular formula is C26H37N5O4. The van der Waals surface area contributed by atoms with Crippen molar-refractivity contribution in [3.05, 3.63) is 41.2 Å². The molecule has 0 spiro atoms. The highest BCUT2D eigenvalue weighted by Crippen LogP contribution is 2.31. The molecule has 1 aromatic carbocycles. The van der Waals surface area contributed by atoms with E-state index in [4.69, 9.17) is 9.47 Å². The van der Waals surface area contributed by atoms with E-state index in [1.54, 1.807) is 37.1 Å². The first-order valence-corrected chi connectivity index (χ1v) is 12.5. The van der Waals surface area contributed by atoms with Crippen molar-refractivity contribution in [1.29, 1.82) is 0 Å². The summed E-state index contributed by atoms with van der Waals surface area (Å²) in [4.78, 5) is 28.3. The minimum absolute atomic E-state index is 0.0876. The molecule has 2 aliphatic rings. The minimum atomic E-state index is -0.449. The van der Waals surface area contributed by atoms with Crippen molar-refractivity contribution >= 4 is 11.8 Å². The van der Waals surface area contributed by atoms with Crippen LogP contribution in [0.4, 0.5) is 0 Å². The number of aromatic nitrogens is 2. The van der Waals surface area contributed by atoms with Gasteiger partial charge in [0.2, 0.25) is 0 Å². The molecule has 1 saturated carbocycles. The molecule has 2 atom stereocenters. The molecule has 35 heavy (non-hydrogen) atoms. The molecule has 1 aromatic heterocycles. The quantitative estimate of drug-likeness (QED) is 0.569. The Bertz CT molecular complexity index is 1080. The molecule has 2 aromatic rings. The highest BCUT2D eigenvalue weighted by atomic mass is 16.5. The van der Waals surface area contributed by atoms with E-state index in [-0.39, 0.29) is 30.1 Å². The molecule has 0 bridgehead atoms. The lowest BCUT2D eigenvalue weighted by Gasteiger charge is -2.48. The lowest BCUT2D eigenvalue weighted by Crippen LogP contribution is -2.65. The maximum Gasteiger partial charge on any atom is 0.272 e. The van der Waals surface area contributed by atoms with Gasteiger partial charge in [-0.2, -0.15) is 5.10 Å². The zero-order chi connectivity index (χ0) is 25.2. The van der Waals surface area contributed by atoms with Crippen LogP contribution in [-0.2, 0) is 13.1 Å². The molecule has 2 unspecified atom stereocenters. The van der Waals surface area contributed by atoms with E-state index in [1.165, 1.54) is 25.7 Å². The zero-order valence-electron chi connectivity index (χ0n) is 21.4. The van der Waals surface area contributed by atoms with Gasteiger partial charge >= 0.3 is 0 Å². The highest BCUT2D eigenvalue weighted by molar-refractivity contribution is 5.98. The average molecular weight is 484 g/mol. The number of methoxy groups -OCH3 is 2. The molecule has 9 nitrogen and oxygen atoms in total. The number of nitrogens with one attached hydrogen (secondary N) is 2. The lowest BCUT2D eigenvalue weighted by molar-refractivity contribution is 0.0226. The summed E-state index contributed by atoms with van der Waals surface area (Å²) in [6.07, 6.45) is 4.85. The molecule has 2 heterocycles. The van der Waals surface area contributed by atoms with Gasteiger partial charge in [0.1, 0.15) is 17.2 Å². The molecule has 1 aliphatic carbocycles. The van der Waals surface area contributed by atoms with Crippen LogP contribution in [0.3, 0.4) is 0 Å². The summed E-state index contributed by atoms with van der Waals surface area (Å²) in [5.74, 6) is 0.898. The van der Waals surface area contributed by atoms with Crippen molar-refractivity contribution in [2.75, 3.05) is 20.8 Å². The Morgan fingerprint density at radius 1 is 1.23 bits per heavy atom. The number of ether oxygens (including phenoxy) is 2. The normalized spacial score (nSPS) is 21.1. The summed E-state index contributed by atoms with van der Waals surface area (Å²) in [7, 11) is 3.18. The van der Waals surface area contributed by atoms with Gasteiger partial charge in [-0.3, -0.25) is 14.3 Å². The smallest absolute Gasteiger partial charge is 0.272 e. The number of rotatable bonds is 9. The van der Waals surface area contributed by atoms with Crippen LogP contribution in [-0.4, -0.2) is 64.9 Å². The van der Waals surface area contributed by atoms with E-state index in [1.807, 2.05) is 17.9 Å². The fraction of sp³-hybridized carbons (Fsp3) is 0.577. The van der Waals surface area contributed by atoms with Crippen molar-refractivity contribution in [2.45, 2.75) is 77.2 Å². The molecule has 1 aliphatic heterocycles. The fourth-order valence-corrected chi connectivity index (χ4v) is 5.37. The van der Waals surface area contributed by atoms with Gasteiger partial charge in [0.05, 0.1) is 26.3 Å². The number of hydrogen-bond donors (Lipinski definition) is 2. The summed E-state index contributed by atoms with van der Waals surface area (Å²) >= 11 is 0. The monoisotopic (exact) mass is 483 g/mol. The Labute approximate surface area is 207 Å². The van der Waals surface area contributed by atoms with Crippen molar-refractivity contribution in [3.8, 4) is 11.5 Å². The molecule has 2 amide bonds. The van der Waals surface area contributed by atoms with E-state index in [0.717, 1.165) is 5.56 Å². The van der Waals surface area contributed by atoms with Crippen LogP contribution in [0.5, 0.6) is 11.5 Å². The number of amides is 2. The second kappa shape index (κ2) is 10.3. The predicted molar refractivity (Wildman–Crippen MR) is 133 cm³/mol. The van der Waals surface area contributed by atoms with Gasteiger partial charge in [0.25, 0.3) is 11.8 Å². The third-order valence-corrected chi connectivity index (χ3v) is 7.58. The zero-order valence-corrected chi connectivity index (χ0v) is 21.4. The number of likely N-dealkylation sites (N-methyl/N-ethyl adjacent to an activating group) is 1. The van der Waals surface area contributed by atoms with E-state index in [2.05, 4.69) is 29.6 Å². The second-order valence-electron chi connectivity index (χ2n) is 9.71. The average Bonchev–Trinajstić information content (AvgIpc) is 3.52. The first-order chi connectivity index (χ1) is 16.8. The van der Waals surface area contributed by atoms with Crippen molar-refractivity contribution in [2.24, 2.45) is 0 Å². The standard InChI is InChI=1S/C26H37N5O4/c1-6-30-25(33)22-14-21(24(32)27-15-18-13-20(34-4)11-12-23(18)35-5)29-31(22)16-26(30,3)17(2)28-19-9-7-8-10-19/h11-14,17,19,28H,6-10,15-16H2,1-5H3,(H,27,32). The van der Waals surface area contributed by atoms with Crippen molar-refractivity contribution < 1.29 is 19.1 Å². The SMILES string of the molecule is CCN1C(=O)c2cc(C(=O)NCc3cc(OC)ccc3OC)nn2CC1(C)C(C)NC1CCCC1. The topological polar surface area (TPSA) is 97.7 Å². The third kappa shape index (κ3) is 4.87. The molecule has 0 radical (unpaired) electrons. The van der Waals surface area contributed by atoms with Crippen LogP contribution >= 0.6 is 0 Å². The minimum Gasteiger partial charge on any atom is -0.497 e. The van der Waals surface area contributed by atoms with Crippen LogP contribution in [0.1, 0.15) is 73.0 Å². The van der Waals surface area contributed by atoms with Crippen LogP contribution in [0.15, 0.2) is 24.3 Å². The van der Waals surface area contributed by atoms with Crippen molar-refractivity contribution in [1.82, 2.24) is 25.3 Å². The Kier molecular flexibility index (Phi) is 7.35. The summed E-state index contributed by atoms with van der Waals surface area (Å²) in [5, 5.41) is 11.2. The molecule has 2 N–H and O–H groups in total. The summed E-state index contributed by atoms with van der Waals surface area (Å²) in [6, 6.07) is 7.60. The number of fused-ring (bicyclic) bond motifs is 1. The van der Waals surface area contributed by atoms with Crippen molar-refractivity contribution in [3.63, 3.8) is 0 Å². The van der Waals surface area contributed by atoms with Gasteiger partial charge in [-0.15, -0.1) is 0 Å². The second-order valence-corrected chi connectivity index (χ2v) is 9.71. The van der Waals surface area contributed by atoms with E-state index in [0.29, 0.717) is 36.3 Å². The third-order valence-electron chi connectivity index (χ3n) is 7.58. The highest BCUT2D eigenvalue weighted by Gasteiger charge is 2.46. The van der Waals surface area contributed by atoms with Gasteiger partial charge in [0.15, 0.2) is 5.69 Å². The molecule has 1 fully saturated rings. The van der Waals surface area contributed by atoms with Gasteiger partial charge in [-0.1, -0.05) is 12.8 Å². The Balaban J connectivity index is 1.51. The number of carbonyl (C=O) groups is 2. The van der Waals surface area contributed by atoms with Crippen LogP contribution < -0.4 is 20.1 Å². The number of nitrogens with zero attached hydrogens (tertiary/aromatic N) is 3. The van der Waals surface area contributed by atoms with E-state index < -0.39 is 5.54 Å². The summed E-state index contributed by atoms with van der Waals surface area (Å²) < 4.78 is 12.4. The molecule has 9 heteroatoms. The largest absolute Gasteiger partial charge is 0.497 e. The van der Waals surface area contributed by atoms with Gasteiger partial charge in [-0.05, 0) is 51.8 Å². The molecule has 0 saturated heterocycles. The summed E-state index contributed by atoms with van der Waals surface area (Å²) in [5.41, 5.74) is 1.01. The molecule has 4 rings (SSSR count). The summed E-state index contributed by atoms with van der Waals surface area (Å²) in [6.45, 7) is 7.63. The Morgan fingerprint density at radius 2 is 1.97 bits per heavy atom. The Hall–Kier alpha value is -3.07. The van der Waals surface area contributed by atoms with Crippen LogP contribution in [0.25, 0.3) is 0 Å². The van der Waals surface area contributed by atoms with E-state index >= 15 is 0 Å². The number of hydrogen-bond acceptors (Lipinski definition) is 6. The van der Waals surface area contributed by atoms with Gasteiger partial charge < -0.3 is 25.0 Å². The Morgan fingerprint density at radius 3 is 2.63 bits per heavy atom. The van der Waals surface area contributed by atoms with Crippen LogP contribution in [0, 0.1) is 0 Å². The predicted octanol–water partition coefficient (Wildman–Crippen LogP) is 2.99. The molecule has 190 valence electrons. The van der Waals surface area contributed by atoms with Gasteiger partial charge in [-0.25, -0.2) is 0 Å². The fourth-order valence-electron chi connectivity index (χ4n) is 5.37. The van der Waals surface area contributed by atoms with Gasteiger partial charge in [0, 0.05) is 36.8 Å². The van der Waals surface area contributed by atoms with Crippen LogP contribution in [0.2, 0.25) is 0 Å². The first kappa shape index (κ1) is 25.0. The lowest BCUT2D eigenvalue weighted by atomic mass is 9.88. The maximum atomic E-state index is 13.4.